The minimum Gasteiger partial charge on any atom is -0.490 e. The van der Waals surface area contributed by atoms with Gasteiger partial charge in [-0.3, -0.25) is 10.1 Å². The second-order valence-electron chi connectivity index (χ2n) is 4.29. The Bertz CT molecular complexity index is 612. The topological polar surface area (TPSA) is 86.5 Å². The third kappa shape index (κ3) is 5.86. The van der Waals surface area contributed by atoms with Crippen LogP contribution in [0.2, 0.25) is 10.0 Å². The zero-order chi connectivity index (χ0) is 16.2. The second-order valence-corrected chi connectivity index (χ2v) is 7.92. The monoisotopic (exact) mass is 375 g/mol. The Labute approximate surface area is 136 Å². The Morgan fingerprint density at radius 2 is 1.86 bits per heavy atom. The number of nitro groups is 1. The van der Waals surface area contributed by atoms with Crippen molar-refractivity contribution >= 4 is 48.6 Å². The van der Waals surface area contributed by atoms with Crippen molar-refractivity contribution in [1.29, 1.82) is 0 Å². The molecule has 1 unspecified atom stereocenters. The van der Waals surface area contributed by atoms with Crippen molar-refractivity contribution in [1.82, 2.24) is 0 Å². The van der Waals surface area contributed by atoms with E-state index in [9.17, 15) is 18.5 Å². The maximum absolute atomic E-state index is 11.0. The summed E-state index contributed by atoms with van der Waals surface area (Å²) in [5.74, 6) is -0.503. The minimum atomic E-state index is -3.64. The fourth-order valence-corrected chi connectivity index (χ4v) is 3.57. The van der Waals surface area contributed by atoms with Gasteiger partial charge in [-0.05, 0) is 6.42 Å². The van der Waals surface area contributed by atoms with Crippen LogP contribution < -0.4 is 4.74 Å². The Kier molecular flexibility index (Phi) is 6.52. The average molecular weight is 377 g/mol. The fraction of sp³-hybridized carbons (Fsp3) is 0.455. The summed E-state index contributed by atoms with van der Waals surface area (Å²) in [6.07, 6.45) is 0.522. The quantitative estimate of drug-likeness (QED) is 0.409. The first-order valence-corrected chi connectivity index (χ1v) is 9.06. The Balaban J connectivity index is 2.86. The van der Waals surface area contributed by atoms with E-state index in [0.717, 1.165) is 12.1 Å². The van der Waals surface area contributed by atoms with Crippen molar-refractivity contribution in [3.8, 4) is 5.75 Å². The van der Waals surface area contributed by atoms with Crippen molar-refractivity contribution in [2.45, 2.75) is 13.3 Å². The summed E-state index contributed by atoms with van der Waals surface area (Å²) in [5, 5.41) is 10.6. The first-order valence-electron chi connectivity index (χ1n) is 5.82. The molecule has 0 saturated carbocycles. The average Bonchev–Trinajstić information content (AvgIpc) is 2.34. The Morgan fingerprint density at radius 1 is 1.33 bits per heavy atom. The summed E-state index contributed by atoms with van der Waals surface area (Å²) in [6.45, 7) is 1.81. The number of benzene rings is 1. The van der Waals surface area contributed by atoms with Crippen molar-refractivity contribution in [3.05, 3.63) is 32.3 Å². The normalized spacial score (nSPS) is 13.0. The summed E-state index contributed by atoms with van der Waals surface area (Å²) in [6, 6.07) is 2.23. The highest BCUT2D eigenvalue weighted by atomic mass is 35.7. The Hall–Kier alpha value is -0.760. The fourth-order valence-electron chi connectivity index (χ4n) is 1.56. The molecular formula is C11H12Cl3NO5S. The molecule has 1 aromatic carbocycles. The second kappa shape index (κ2) is 7.49. The van der Waals surface area contributed by atoms with Gasteiger partial charge in [0.05, 0.1) is 27.3 Å². The highest BCUT2D eigenvalue weighted by Crippen LogP contribution is 2.37. The van der Waals surface area contributed by atoms with Crippen molar-refractivity contribution in [2.24, 2.45) is 5.92 Å². The predicted molar refractivity (Wildman–Crippen MR) is 82.0 cm³/mol. The minimum absolute atomic E-state index is 0.0159. The number of nitrogens with zero attached hydrogens (tertiary/aromatic N) is 1. The molecule has 0 saturated heterocycles. The van der Waals surface area contributed by atoms with E-state index >= 15 is 0 Å². The van der Waals surface area contributed by atoms with Gasteiger partial charge in [-0.25, -0.2) is 8.42 Å². The van der Waals surface area contributed by atoms with E-state index in [1.54, 1.807) is 6.92 Å². The lowest BCUT2D eigenvalue weighted by atomic mass is 10.1. The lowest BCUT2D eigenvalue weighted by Crippen LogP contribution is -2.19. The Morgan fingerprint density at radius 3 is 2.24 bits per heavy atom. The number of ether oxygens (including phenoxy) is 1. The van der Waals surface area contributed by atoms with Crippen LogP contribution in [-0.4, -0.2) is 25.7 Å². The summed E-state index contributed by atoms with van der Waals surface area (Å²) in [4.78, 5) is 10.0. The molecule has 1 atom stereocenters. The number of hydrogen-bond acceptors (Lipinski definition) is 5. The zero-order valence-electron chi connectivity index (χ0n) is 10.9. The van der Waals surface area contributed by atoms with Gasteiger partial charge in [-0.2, -0.15) is 0 Å². The maximum atomic E-state index is 11.0. The van der Waals surface area contributed by atoms with Gasteiger partial charge in [-0.15, -0.1) is 0 Å². The highest BCUT2D eigenvalue weighted by molar-refractivity contribution is 8.13. The summed E-state index contributed by atoms with van der Waals surface area (Å²) in [7, 11) is 1.56. The van der Waals surface area contributed by atoms with Crippen LogP contribution in [-0.2, 0) is 9.05 Å². The van der Waals surface area contributed by atoms with Gasteiger partial charge in [0, 0.05) is 28.7 Å². The van der Waals surface area contributed by atoms with Crippen molar-refractivity contribution < 1.29 is 18.1 Å². The molecule has 0 aromatic heterocycles. The number of non-ortho nitro benzene ring substituents is 1. The summed E-state index contributed by atoms with van der Waals surface area (Å²) in [5.41, 5.74) is -0.257. The van der Waals surface area contributed by atoms with Gasteiger partial charge in [0.1, 0.15) is 0 Å². The lowest BCUT2D eigenvalue weighted by Gasteiger charge is -2.15. The molecule has 0 aliphatic carbocycles. The first kappa shape index (κ1) is 18.3. The molecule has 0 radical (unpaired) electrons. The summed E-state index contributed by atoms with van der Waals surface area (Å²) < 4.78 is 27.5. The van der Waals surface area contributed by atoms with E-state index in [1.165, 1.54) is 0 Å². The standard InChI is InChI=1S/C11H12Cl3NO5S/c1-2-7(6-21(14,18)19)5-20-11-9(12)3-8(15(16)17)4-10(11)13/h3-4,7H,2,5-6H2,1H3. The largest absolute Gasteiger partial charge is 0.490 e. The van der Waals surface area contributed by atoms with Crippen molar-refractivity contribution in [2.75, 3.05) is 12.4 Å². The number of nitro benzene ring substituents is 1. The van der Waals surface area contributed by atoms with Crippen molar-refractivity contribution in [3.63, 3.8) is 0 Å². The predicted octanol–water partition coefficient (Wildman–Crippen LogP) is 3.88. The number of rotatable bonds is 7. The number of halogens is 3. The van der Waals surface area contributed by atoms with Gasteiger partial charge in [-0.1, -0.05) is 30.1 Å². The molecule has 0 aliphatic heterocycles. The molecule has 0 fully saturated rings. The van der Waals surface area contributed by atoms with E-state index in [1.807, 2.05) is 0 Å². The van der Waals surface area contributed by atoms with Crippen LogP contribution in [0.15, 0.2) is 12.1 Å². The third-order valence-electron chi connectivity index (χ3n) is 2.67. The molecule has 1 aromatic rings. The molecule has 0 spiro atoms. The van der Waals surface area contributed by atoms with E-state index in [2.05, 4.69) is 0 Å². The van der Waals surface area contributed by atoms with E-state index < -0.39 is 14.0 Å². The molecule has 0 bridgehead atoms. The molecule has 118 valence electrons. The third-order valence-corrected chi connectivity index (χ3v) is 4.48. The van der Waals surface area contributed by atoms with Crippen LogP contribution in [0.3, 0.4) is 0 Å². The van der Waals surface area contributed by atoms with Crippen LogP contribution in [0.4, 0.5) is 5.69 Å². The highest BCUT2D eigenvalue weighted by Gasteiger charge is 2.19. The van der Waals surface area contributed by atoms with Gasteiger partial charge in [0.25, 0.3) is 5.69 Å². The molecular weight excluding hydrogens is 365 g/mol. The number of hydrogen-bond donors (Lipinski definition) is 0. The first-order chi connectivity index (χ1) is 9.64. The molecule has 1 rings (SSSR count). The molecule has 0 N–H and O–H groups in total. The van der Waals surface area contributed by atoms with E-state index in [4.69, 9.17) is 38.6 Å². The van der Waals surface area contributed by atoms with Gasteiger partial charge < -0.3 is 4.74 Å². The zero-order valence-corrected chi connectivity index (χ0v) is 14.0. The van der Waals surface area contributed by atoms with E-state index in [-0.39, 0.29) is 39.8 Å². The molecule has 21 heavy (non-hydrogen) atoms. The smallest absolute Gasteiger partial charge is 0.272 e. The SMILES string of the molecule is CCC(COc1c(Cl)cc([N+](=O)[O-])cc1Cl)CS(=O)(=O)Cl. The molecule has 0 amide bonds. The van der Waals surface area contributed by atoms with Crippen LogP contribution in [0.5, 0.6) is 5.75 Å². The van der Waals surface area contributed by atoms with Crippen LogP contribution in [0, 0.1) is 16.0 Å². The lowest BCUT2D eigenvalue weighted by molar-refractivity contribution is -0.384. The van der Waals surface area contributed by atoms with Gasteiger partial charge >= 0.3 is 0 Å². The molecule has 6 nitrogen and oxygen atoms in total. The molecule has 0 heterocycles. The van der Waals surface area contributed by atoms with Gasteiger partial charge in [0.15, 0.2) is 5.75 Å². The van der Waals surface area contributed by atoms with Gasteiger partial charge in [0.2, 0.25) is 9.05 Å². The maximum Gasteiger partial charge on any atom is 0.272 e. The van der Waals surface area contributed by atoms with E-state index in [0.29, 0.717) is 6.42 Å². The van der Waals surface area contributed by atoms with Crippen LogP contribution in [0.1, 0.15) is 13.3 Å². The molecule has 0 aliphatic rings. The van der Waals surface area contributed by atoms with Crippen LogP contribution in [0.25, 0.3) is 0 Å². The molecule has 10 heteroatoms. The summed E-state index contributed by atoms with van der Waals surface area (Å²) >= 11 is 11.8. The van der Waals surface area contributed by atoms with Crippen LogP contribution >= 0.6 is 33.9 Å².